The van der Waals surface area contributed by atoms with Crippen LogP contribution >= 0.6 is 23.2 Å². The molecule has 0 bridgehead atoms. The highest BCUT2D eigenvalue weighted by Crippen LogP contribution is 2.42. The molecular weight excluding hydrogens is 443 g/mol. The number of allylic oxidation sites excluding steroid dienone is 1. The highest BCUT2D eigenvalue weighted by Gasteiger charge is 2.36. The van der Waals surface area contributed by atoms with Crippen molar-refractivity contribution in [2.45, 2.75) is 25.4 Å². The highest BCUT2D eigenvalue weighted by molar-refractivity contribution is 6.42. The van der Waals surface area contributed by atoms with Crippen molar-refractivity contribution in [3.8, 4) is 11.9 Å². The summed E-state index contributed by atoms with van der Waals surface area (Å²) >= 11 is 12.6. The number of aryl methyl sites for hydroxylation is 1. The number of nitrogens with two attached hydrogens (primary N) is 1. The number of halogens is 2. The Hall–Kier alpha value is -3.48. The van der Waals surface area contributed by atoms with Crippen molar-refractivity contribution in [2.24, 2.45) is 5.73 Å². The Balaban J connectivity index is 1.83. The number of nitrogens with zero attached hydrogens (tertiary/aromatic N) is 4. The minimum absolute atomic E-state index is 0.00535. The predicted molar refractivity (Wildman–Crippen MR) is 114 cm³/mol. The van der Waals surface area contributed by atoms with Crippen LogP contribution in [-0.4, -0.2) is 19.1 Å². The molecule has 1 atom stereocenters. The quantitative estimate of drug-likeness (QED) is 0.602. The Labute approximate surface area is 185 Å². The van der Waals surface area contributed by atoms with Gasteiger partial charge in [-0.25, -0.2) is 9.78 Å². The van der Waals surface area contributed by atoms with Gasteiger partial charge in [-0.3, -0.25) is 14.3 Å². The van der Waals surface area contributed by atoms with E-state index in [9.17, 15) is 14.9 Å². The van der Waals surface area contributed by atoms with Crippen LogP contribution in [0, 0.1) is 11.3 Å². The summed E-state index contributed by atoms with van der Waals surface area (Å²) in [6, 6.07) is 6.88. The number of benzene rings is 1. The summed E-state index contributed by atoms with van der Waals surface area (Å²) in [7, 11) is 0. The van der Waals surface area contributed by atoms with Crippen LogP contribution in [0.3, 0.4) is 0 Å². The Morgan fingerprint density at radius 1 is 1.29 bits per heavy atom. The first kappa shape index (κ1) is 20.8. The predicted octanol–water partition coefficient (Wildman–Crippen LogP) is 2.35. The molecule has 0 saturated heterocycles. The number of fused-ring (bicyclic) bond motifs is 1. The fourth-order valence-corrected chi connectivity index (χ4v) is 3.98. The van der Waals surface area contributed by atoms with E-state index in [-0.39, 0.29) is 39.5 Å². The van der Waals surface area contributed by atoms with Crippen LogP contribution in [0.25, 0.3) is 0 Å². The van der Waals surface area contributed by atoms with Crippen LogP contribution < -0.4 is 21.7 Å². The maximum absolute atomic E-state index is 13.4. The lowest BCUT2D eigenvalue weighted by atomic mass is 9.85. The Kier molecular flexibility index (Phi) is 5.59. The molecule has 3 N–H and O–H groups in total. The number of H-pyrrole nitrogens is 1. The van der Waals surface area contributed by atoms with Crippen molar-refractivity contribution >= 4 is 23.2 Å². The molecule has 158 valence electrons. The van der Waals surface area contributed by atoms with Gasteiger partial charge in [0.2, 0.25) is 11.8 Å². The van der Waals surface area contributed by atoms with Crippen LogP contribution in [0.15, 0.2) is 58.0 Å². The molecule has 1 aliphatic heterocycles. The number of nitriles is 1. The molecule has 9 nitrogen and oxygen atoms in total. The van der Waals surface area contributed by atoms with Gasteiger partial charge in [-0.05, 0) is 18.1 Å². The minimum atomic E-state index is -0.941. The minimum Gasteiger partial charge on any atom is -0.424 e. The SMILES string of the molecule is N#CC1=C(N)Oc2[nH]c(=O)n(CCCn3ccnc3)c(=O)c2[C@H]1c1cccc(Cl)c1Cl. The van der Waals surface area contributed by atoms with E-state index in [0.717, 1.165) is 4.57 Å². The molecule has 1 aromatic carbocycles. The molecule has 0 aliphatic carbocycles. The third kappa shape index (κ3) is 3.71. The van der Waals surface area contributed by atoms with Crippen molar-refractivity contribution in [3.63, 3.8) is 0 Å². The fraction of sp³-hybridized carbons (Fsp3) is 0.200. The molecule has 3 aromatic rings. The number of hydrogen-bond acceptors (Lipinski definition) is 6. The van der Waals surface area contributed by atoms with Gasteiger partial charge in [0.15, 0.2) is 0 Å². The number of rotatable bonds is 5. The summed E-state index contributed by atoms with van der Waals surface area (Å²) in [6.45, 7) is 0.718. The molecule has 2 aromatic heterocycles. The zero-order chi connectivity index (χ0) is 22.1. The molecule has 0 amide bonds. The van der Waals surface area contributed by atoms with Gasteiger partial charge in [0.25, 0.3) is 5.56 Å². The van der Waals surface area contributed by atoms with Gasteiger partial charge >= 0.3 is 5.69 Å². The molecule has 4 rings (SSSR count). The average molecular weight is 459 g/mol. The van der Waals surface area contributed by atoms with Gasteiger partial charge < -0.3 is 15.0 Å². The van der Waals surface area contributed by atoms with Gasteiger partial charge in [-0.2, -0.15) is 5.26 Å². The van der Waals surface area contributed by atoms with Gasteiger partial charge in [-0.1, -0.05) is 35.3 Å². The molecule has 0 unspecified atom stereocenters. The summed E-state index contributed by atoms with van der Waals surface area (Å²) in [4.78, 5) is 32.5. The normalized spacial score (nSPS) is 15.3. The Morgan fingerprint density at radius 3 is 2.81 bits per heavy atom. The van der Waals surface area contributed by atoms with E-state index in [4.69, 9.17) is 33.7 Å². The molecular formula is C20H16Cl2N6O3. The van der Waals surface area contributed by atoms with Gasteiger partial charge in [0.1, 0.15) is 11.6 Å². The lowest BCUT2D eigenvalue weighted by molar-refractivity contribution is 0.367. The third-order valence-electron chi connectivity index (χ3n) is 5.01. The second-order valence-corrected chi connectivity index (χ2v) is 7.64. The Morgan fingerprint density at radius 2 is 2.10 bits per heavy atom. The first-order valence-corrected chi connectivity index (χ1v) is 10.0. The summed E-state index contributed by atoms with van der Waals surface area (Å²) in [5.41, 5.74) is 5.16. The zero-order valence-corrected chi connectivity index (χ0v) is 17.5. The summed E-state index contributed by atoms with van der Waals surface area (Å²) in [5, 5.41) is 10.1. The molecule has 11 heteroatoms. The molecule has 0 saturated carbocycles. The molecule has 3 heterocycles. The van der Waals surface area contributed by atoms with Crippen LogP contribution in [0.5, 0.6) is 5.88 Å². The smallest absolute Gasteiger partial charge is 0.331 e. The van der Waals surface area contributed by atoms with Gasteiger partial charge in [0.05, 0.1) is 27.9 Å². The van der Waals surface area contributed by atoms with Gasteiger partial charge in [0, 0.05) is 25.5 Å². The van der Waals surface area contributed by atoms with E-state index in [1.165, 1.54) is 0 Å². The number of aromatic nitrogens is 4. The standard InChI is InChI=1S/C20H16Cl2N6O3/c21-13-4-1-3-11(16(13)22)14-12(9-23)17(24)31-18-15(14)19(29)28(20(30)26-18)7-2-6-27-8-5-25-10-27/h1,3-5,8,10,14H,2,6-7,24H2,(H,26,30)/t14-/m0/s1. The lowest BCUT2D eigenvalue weighted by Crippen LogP contribution is -2.41. The van der Waals surface area contributed by atoms with Crippen molar-refractivity contribution < 1.29 is 4.74 Å². The largest absolute Gasteiger partial charge is 0.424 e. The summed E-state index contributed by atoms with van der Waals surface area (Å²) in [6.07, 6.45) is 5.59. The lowest BCUT2D eigenvalue weighted by Gasteiger charge is -2.26. The van der Waals surface area contributed by atoms with Gasteiger partial charge in [-0.15, -0.1) is 0 Å². The van der Waals surface area contributed by atoms with E-state index in [1.807, 2.05) is 10.6 Å². The first-order valence-electron chi connectivity index (χ1n) is 9.26. The second kappa shape index (κ2) is 8.34. The van der Waals surface area contributed by atoms with Crippen LogP contribution in [0.1, 0.15) is 23.5 Å². The van der Waals surface area contributed by atoms with Crippen molar-refractivity contribution in [1.29, 1.82) is 5.26 Å². The molecule has 31 heavy (non-hydrogen) atoms. The summed E-state index contributed by atoms with van der Waals surface area (Å²) < 4.78 is 8.33. The summed E-state index contributed by atoms with van der Waals surface area (Å²) in [5.74, 6) is -1.27. The average Bonchev–Trinajstić information content (AvgIpc) is 3.25. The van der Waals surface area contributed by atoms with Crippen LogP contribution in [0.2, 0.25) is 10.0 Å². The molecule has 1 aliphatic rings. The second-order valence-electron chi connectivity index (χ2n) is 6.85. The number of nitrogens with one attached hydrogen (secondary N) is 1. The van der Waals surface area contributed by atoms with E-state index in [2.05, 4.69) is 9.97 Å². The van der Waals surface area contributed by atoms with E-state index >= 15 is 0 Å². The number of ether oxygens (including phenoxy) is 1. The maximum atomic E-state index is 13.4. The molecule has 0 spiro atoms. The fourth-order valence-electron chi connectivity index (χ4n) is 3.56. The number of hydrogen-bond donors (Lipinski definition) is 2. The molecule has 0 fully saturated rings. The van der Waals surface area contributed by atoms with Crippen molar-refractivity contribution in [3.05, 3.63) is 90.4 Å². The maximum Gasteiger partial charge on any atom is 0.331 e. The van der Waals surface area contributed by atoms with Crippen molar-refractivity contribution in [1.82, 2.24) is 19.1 Å². The van der Waals surface area contributed by atoms with Crippen LogP contribution in [-0.2, 0) is 13.1 Å². The van der Waals surface area contributed by atoms with Crippen LogP contribution in [0.4, 0.5) is 0 Å². The first-order chi connectivity index (χ1) is 14.9. The van der Waals surface area contributed by atoms with E-state index in [0.29, 0.717) is 18.5 Å². The Bertz CT molecular complexity index is 1330. The van der Waals surface area contributed by atoms with E-state index in [1.54, 1.807) is 36.9 Å². The monoisotopic (exact) mass is 458 g/mol. The highest BCUT2D eigenvalue weighted by atomic mass is 35.5. The third-order valence-corrected chi connectivity index (χ3v) is 5.84. The zero-order valence-electron chi connectivity index (χ0n) is 16.0. The number of aromatic amines is 1. The number of imidazole rings is 1. The van der Waals surface area contributed by atoms with Crippen molar-refractivity contribution in [2.75, 3.05) is 0 Å². The topological polar surface area (TPSA) is 132 Å². The molecule has 0 radical (unpaired) electrons. The van der Waals surface area contributed by atoms with E-state index < -0.39 is 17.2 Å².